The van der Waals surface area contributed by atoms with Gasteiger partial charge in [0, 0.05) is 22.9 Å². The van der Waals surface area contributed by atoms with Gasteiger partial charge in [0.2, 0.25) is 0 Å². The summed E-state index contributed by atoms with van der Waals surface area (Å²) in [5.41, 5.74) is 0. The quantitative estimate of drug-likeness (QED) is 0.860. The van der Waals surface area contributed by atoms with Gasteiger partial charge in [-0.2, -0.15) is 0 Å². The first-order valence-corrected chi connectivity index (χ1v) is 6.55. The zero-order chi connectivity index (χ0) is 10.8. The highest BCUT2D eigenvalue weighted by molar-refractivity contribution is 9.10. The second-order valence-electron chi connectivity index (χ2n) is 3.65. The van der Waals surface area contributed by atoms with Crippen molar-refractivity contribution in [1.82, 2.24) is 4.90 Å². The number of thiophene rings is 1. The van der Waals surface area contributed by atoms with Crippen molar-refractivity contribution in [2.45, 2.75) is 18.9 Å². The van der Waals surface area contributed by atoms with Gasteiger partial charge in [-0.25, -0.2) is 0 Å². The van der Waals surface area contributed by atoms with Crippen molar-refractivity contribution in [3.8, 4) is 0 Å². The van der Waals surface area contributed by atoms with Crippen molar-refractivity contribution in [3.05, 3.63) is 20.8 Å². The Morgan fingerprint density at radius 1 is 1.53 bits per heavy atom. The predicted molar refractivity (Wildman–Crippen MR) is 63.2 cm³/mol. The highest BCUT2D eigenvalue weighted by atomic mass is 79.9. The number of hydrogen-bond acceptors (Lipinski definition) is 3. The molecule has 0 aromatic carbocycles. The van der Waals surface area contributed by atoms with Crippen molar-refractivity contribution in [2.24, 2.45) is 0 Å². The smallest absolute Gasteiger partial charge is 0.263 e. The molecule has 0 saturated carbocycles. The van der Waals surface area contributed by atoms with Gasteiger partial charge in [0.1, 0.15) is 0 Å². The third-order valence-electron chi connectivity index (χ3n) is 2.53. The lowest BCUT2D eigenvalue weighted by atomic mass is 10.1. The fourth-order valence-electron chi connectivity index (χ4n) is 1.65. The second-order valence-corrected chi connectivity index (χ2v) is 5.48. The van der Waals surface area contributed by atoms with E-state index in [0.29, 0.717) is 25.9 Å². The Kier molecular flexibility index (Phi) is 3.43. The number of carbonyl (C=O) groups excluding carboxylic acids is 1. The van der Waals surface area contributed by atoms with Gasteiger partial charge < -0.3 is 10.0 Å². The molecule has 0 aliphatic carbocycles. The molecule has 2 heterocycles. The molecule has 1 fully saturated rings. The molecule has 1 aromatic heterocycles. The molecule has 2 rings (SSSR count). The Morgan fingerprint density at radius 2 is 2.20 bits per heavy atom. The fraction of sp³-hybridized carbons (Fsp3) is 0.500. The standard InChI is InChI=1S/C10H12BrNO2S/c11-7-5-9(15-6-7)10(14)12-3-1-8(13)2-4-12/h5-6,8,13H,1-4H2. The van der Waals surface area contributed by atoms with Crippen molar-refractivity contribution in [2.75, 3.05) is 13.1 Å². The molecule has 1 aliphatic rings. The van der Waals surface area contributed by atoms with E-state index in [4.69, 9.17) is 0 Å². The molecule has 1 aromatic rings. The minimum absolute atomic E-state index is 0.0811. The van der Waals surface area contributed by atoms with Gasteiger partial charge in [-0.3, -0.25) is 4.79 Å². The van der Waals surface area contributed by atoms with E-state index in [1.165, 1.54) is 11.3 Å². The van der Waals surface area contributed by atoms with Crippen LogP contribution in [0.15, 0.2) is 15.9 Å². The van der Waals surface area contributed by atoms with Crippen LogP contribution in [-0.2, 0) is 0 Å². The molecule has 15 heavy (non-hydrogen) atoms. The first kappa shape index (κ1) is 11.1. The summed E-state index contributed by atoms with van der Waals surface area (Å²) in [7, 11) is 0. The van der Waals surface area contributed by atoms with Gasteiger partial charge in [0.15, 0.2) is 0 Å². The molecule has 1 saturated heterocycles. The van der Waals surface area contributed by atoms with Crippen molar-refractivity contribution in [1.29, 1.82) is 0 Å². The van der Waals surface area contributed by atoms with E-state index in [2.05, 4.69) is 15.9 Å². The maximum absolute atomic E-state index is 12.0. The van der Waals surface area contributed by atoms with Crippen LogP contribution in [0.2, 0.25) is 0 Å². The summed E-state index contributed by atoms with van der Waals surface area (Å²) >= 11 is 4.79. The summed E-state index contributed by atoms with van der Waals surface area (Å²) < 4.78 is 0.952. The second kappa shape index (κ2) is 4.63. The van der Waals surface area contributed by atoms with Crippen molar-refractivity contribution >= 4 is 33.2 Å². The Bertz CT molecular complexity index is 358. The SMILES string of the molecule is O=C(c1cc(Br)cs1)N1CCC(O)CC1. The molecule has 0 spiro atoms. The lowest BCUT2D eigenvalue weighted by Gasteiger charge is -2.29. The zero-order valence-corrected chi connectivity index (χ0v) is 10.6. The number of nitrogens with zero attached hydrogens (tertiary/aromatic N) is 1. The lowest BCUT2D eigenvalue weighted by Crippen LogP contribution is -2.39. The summed E-state index contributed by atoms with van der Waals surface area (Å²) in [5, 5.41) is 11.2. The van der Waals surface area contributed by atoms with E-state index in [9.17, 15) is 9.90 Å². The molecular formula is C10H12BrNO2S. The topological polar surface area (TPSA) is 40.5 Å². The van der Waals surface area contributed by atoms with E-state index in [1.54, 1.807) is 0 Å². The normalized spacial score (nSPS) is 18.1. The van der Waals surface area contributed by atoms with Crippen LogP contribution in [0.1, 0.15) is 22.5 Å². The lowest BCUT2D eigenvalue weighted by molar-refractivity contribution is 0.0550. The van der Waals surface area contributed by atoms with Crippen LogP contribution in [0.4, 0.5) is 0 Å². The molecule has 82 valence electrons. The molecule has 1 N–H and O–H groups in total. The summed E-state index contributed by atoms with van der Waals surface area (Å²) in [5.74, 6) is 0.0811. The number of rotatable bonds is 1. The van der Waals surface area contributed by atoms with Crippen molar-refractivity contribution < 1.29 is 9.90 Å². The van der Waals surface area contributed by atoms with Gasteiger partial charge in [-0.1, -0.05) is 0 Å². The summed E-state index contributed by atoms with van der Waals surface area (Å²) in [4.78, 5) is 14.5. The van der Waals surface area contributed by atoms with Gasteiger partial charge in [-0.05, 0) is 34.8 Å². The molecule has 1 amide bonds. The Labute approximate surface area is 101 Å². The van der Waals surface area contributed by atoms with Crippen LogP contribution >= 0.6 is 27.3 Å². The number of aliphatic hydroxyl groups is 1. The van der Waals surface area contributed by atoms with E-state index in [1.807, 2.05) is 16.3 Å². The van der Waals surface area contributed by atoms with Crippen LogP contribution in [0.5, 0.6) is 0 Å². The van der Waals surface area contributed by atoms with Crippen LogP contribution in [0.25, 0.3) is 0 Å². The minimum atomic E-state index is -0.232. The fourth-order valence-corrected chi connectivity index (χ4v) is 3.04. The number of carbonyl (C=O) groups is 1. The number of halogens is 1. The summed E-state index contributed by atoms with van der Waals surface area (Å²) in [6.07, 6.45) is 1.15. The predicted octanol–water partition coefficient (Wildman–Crippen LogP) is 2.11. The van der Waals surface area contributed by atoms with E-state index < -0.39 is 0 Å². The minimum Gasteiger partial charge on any atom is -0.393 e. The molecular weight excluding hydrogens is 278 g/mol. The largest absolute Gasteiger partial charge is 0.393 e. The van der Waals surface area contributed by atoms with E-state index >= 15 is 0 Å². The maximum Gasteiger partial charge on any atom is 0.263 e. The molecule has 5 heteroatoms. The van der Waals surface area contributed by atoms with Gasteiger partial charge in [-0.15, -0.1) is 11.3 Å². The van der Waals surface area contributed by atoms with E-state index in [-0.39, 0.29) is 12.0 Å². The van der Waals surface area contributed by atoms with Crippen LogP contribution in [0.3, 0.4) is 0 Å². The first-order valence-electron chi connectivity index (χ1n) is 4.88. The molecule has 1 aliphatic heterocycles. The van der Waals surface area contributed by atoms with Crippen molar-refractivity contribution in [3.63, 3.8) is 0 Å². The van der Waals surface area contributed by atoms with E-state index in [0.717, 1.165) is 9.35 Å². The number of likely N-dealkylation sites (tertiary alicyclic amines) is 1. The zero-order valence-electron chi connectivity index (χ0n) is 8.15. The van der Waals surface area contributed by atoms with Gasteiger partial charge in [0.25, 0.3) is 5.91 Å². The average Bonchev–Trinajstić information content (AvgIpc) is 2.65. The maximum atomic E-state index is 12.0. The monoisotopic (exact) mass is 289 g/mol. The molecule has 0 unspecified atom stereocenters. The number of amides is 1. The number of piperidine rings is 1. The van der Waals surface area contributed by atoms with Gasteiger partial charge in [0.05, 0.1) is 11.0 Å². The highest BCUT2D eigenvalue weighted by Crippen LogP contribution is 2.22. The van der Waals surface area contributed by atoms with Crippen LogP contribution in [-0.4, -0.2) is 35.1 Å². The first-order chi connectivity index (χ1) is 7.16. The number of hydrogen-bond donors (Lipinski definition) is 1. The Morgan fingerprint density at radius 3 is 2.73 bits per heavy atom. The van der Waals surface area contributed by atoms with Crippen LogP contribution in [0, 0.1) is 0 Å². The van der Waals surface area contributed by atoms with Gasteiger partial charge >= 0.3 is 0 Å². The third kappa shape index (κ3) is 2.59. The Balaban J connectivity index is 2.02. The molecule has 0 bridgehead atoms. The summed E-state index contributed by atoms with van der Waals surface area (Å²) in [6, 6.07) is 1.85. The molecule has 0 radical (unpaired) electrons. The summed E-state index contributed by atoms with van der Waals surface area (Å²) in [6.45, 7) is 1.32. The average molecular weight is 290 g/mol. The Hall–Kier alpha value is -0.390. The molecule has 0 atom stereocenters. The number of aliphatic hydroxyl groups excluding tert-OH is 1. The third-order valence-corrected chi connectivity index (χ3v) is 4.21. The highest BCUT2D eigenvalue weighted by Gasteiger charge is 2.22. The van der Waals surface area contributed by atoms with Crippen LogP contribution < -0.4 is 0 Å². The molecule has 3 nitrogen and oxygen atoms in total.